The zero-order valence-corrected chi connectivity index (χ0v) is 16.1. The van der Waals surface area contributed by atoms with Crippen LogP contribution in [0.5, 0.6) is 0 Å². The lowest BCUT2D eigenvalue weighted by atomic mass is 10.1. The van der Waals surface area contributed by atoms with Crippen LogP contribution in [0.4, 0.5) is 8.78 Å². The van der Waals surface area contributed by atoms with E-state index < -0.39 is 0 Å². The number of nitrogens with zero attached hydrogens (tertiary/aromatic N) is 1. The lowest BCUT2D eigenvalue weighted by Crippen LogP contribution is -2.37. The van der Waals surface area contributed by atoms with E-state index in [2.05, 4.69) is 15.6 Å². The van der Waals surface area contributed by atoms with Crippen molar-refractivity contribution in [1.29, 1.82) is 0 Å². The van der Waals surface area contributed by atoms with Crippen molar-refractivity contribution in [2.24, 2.45) is 4.99 Å². The first-order valence-electron chi connectivity index (χ1n) is 7.53. The highest BCUT2D eigenvalue weighted by Gasteiger charge is 2.03. The molecule has 0 aromatic heterocycles. The summed E-state index contributed by atoms with van der Waals surface area (Å²) in [6.07, 6.45) is 0.562. The molecule has 0 aliphatic heterocycles. The van der Waals surface area contributed by atoms with Crippen molar-refractivity contribution in [2.45, 2.75) is 19.9 Å². The Morgan fingerprint density at radius 2 is 1.79 bits per heavy atom. The predicted octanol–water partition coefficient (Wildman–Crippen LogP) is 3.80. The molecule has 2 aromatic rings. The molecule has 3 nitrogen and oxygen atoms in total. The van der Waals surface area contributed by atoms with E-state index in [0.29, 0.717) is 36.6 Å². The predicted molar refractivity (Wildman–Crippen MR) is 105 cm³/mol. The molecule has 0 bridgehead atoms. The van der Waals surface area contributed by atoms with Gasteiger partial charge in [-0.15, -0.1) is 24.0 Å². The molecule has 24 heavy (non-hydrogen) atoms. The molecule has 130 valence electrons. The summed E-state index contributed by atoms with van der Waals surface area (Å²) in [6.45, 7) is 2.76. The van der Waals surface area contributed by atoms with E-state index in [9.17, 15) is 8.78 Å². The summed E-state index contributed by atoms with van der Waals surface area (Å²) >= 11 is 0. The summed E-state index contributed by atoms with van der Waals surface area (Å²) in [6, 6.07) is 11.8. The second kappa shape index (κ2) is 10.2. The maximum atomic E-state index is 13.5. The van der Waals surface area contributed by atoms with E-state index in [1.165, 1.54) is 12.1 Å². The van der Waals surface area contributed by atoms with Crippen LogP contribution in [0, 0.1) is 18.6 Å². The zero-order chi connectivity index (χ0) is 16.7. The summed E-state index contributed by atoms with van der Waals surface area (Å²) < 4.78 is 27.0. The van der Waals surface area contributed by atoms with E-state index in [0.717, 1.165) is 5.56 Å². The molecule has 0 heterocycles. The van der Waals surface area contributed by atoms with Crippen molar-refractivity contribution in [1.82, 2.24) is 10.6 Å². The van der Waals surface area contributed by atoms with Crippen molar-refractivity contribution < 1.29 is 8.78 Å². The molecule has 2 N–H and O–H groups in total. The second-order valence-electron chi connectivity index (χ2n) is 5.28. The van der Waals surface area contributed by atoms with Gasteiger partial charge in [-0.3, -0.25) is 4.99 Å². The quantitative estimate of drug-likeness (QED) is 0.418. The van der Waals surface area contributed by atoms with Gasteiger partial charge in [0, 0.05) is 20.1 Å². The average Bonchev–Trinajstić information content (AvgIpc) is 2.55. The molecule has 0 radical (unpaired) electrons. The van der Waals surface area contributed by atoms with Gasteiger partial charge < -0.3 is 10.6 Å². The van der Waals surface area contributed by atoms with Crippen LogP contribution in [0.25, 0.3) is 0 Å². The Morgan fingerprint density at radius 1 is 1.04 bits per heavy atom. The number of halogens is 3. The Kier molecular flexibility index (Phi) is 8.67. The third kappa shape index (κ3) is 6.07. The molecule has 2 rings (SSSR count). The number of benzene rings is 2. The van der Waals surface area contributed by atoms with Crippen LogP contribution in [-0.2, 0) is 13.0 Å². The SMILES string of the molecule is CN=C(NCCc1ccccc1F)NCc1ccc(C)c(F)c1.I. The molecule has 0 spiro atoms. The Bertz CT molecular complexity index is 690. The van der Waals surface area contributed by atoms with E-state index in [-0.39, 0.29) is 35.6 Å². The Morgan fingerprint density at radius 3 is 2.46 bits per heavy atom. The van der Waals surface area contributed by atoms with Crippen LogP contribution in [-0.4, -0.2) is 19.6 Å². The maximum absolute atomic E-state index is 13.5. The second-order valence-corrected chi connectivity index (χ2v) is 5.28. The molecule has 0 atom stereocenters. The molecule has 0 saturated carbocycles. The monoisotopic (exact) mass is 445 g/mol. The van der Waals surface area contributed by atoms with E-state index in [1.54, 1.807) is 32.2 Å². The maximum Gasteiger partial charge on any atom is 0.191 e. The standard InChI is InChI=1S/C18H21F2N3.HI/c1-13-7-8-14(11-17(13)20)12-23-18(21-2)22-10-9-15-5-3-4-6-16(15)19;/h3-8,11H,9-10,12H2,1-2H3,(H2,21,22,23);1H. The van der Waals surface area contributed by atoms with Gasteiger partial charge in [0.25, 0.3) is 0 Å². The first-order valence-corrected chi connectivity index (χ1v) is 7.53. The third-order valence-electron chi connectivity index (χ3n) is 3.56. The Labute approximate surface area is 158 Å². The van der Waals surface area contributed by atoms with Gasteiger partial charge in [0.1, 0.15) is 11.6 Å². The van der Waals surface area contributed by atoms with Crippen LogP contribution in [0.1, 0.15) is 16.7 Å². The van der Waals surface area contributed by atoms with Gasteiger partial charge in [0.15, 0.2) is 5.96 Å². The molecular formula is C18H22F2IN3. The van der Waals surface area contributed by atoms with Crippen LogP contribution in [0.3, 0.4) is 0 Å². The molecule has 0 fully saturated rings. The van der Waals surface area contributed by atoms with E-state index in [1.807, 2.05) is 12.1 Å². The smallest absolute Gasteiger partial charge is 0.191 e. The van der Waals surface area contributed by atoms with Crippen molar-refractivity contribution in [3.63, 3.8) is 0 Å². The average molecular weight is 445 g/mol. The van der Waals surface area contributed by atoms with Crippen LogP contribution in [0.2, 0.25) is 0 Å². The van der Waals surface area contributed by atoms with Crippen LogP contribution < -0.4 is 10.6 Å². The van der Waals surface area contributed by atoms with Gasteiger partial charge >= 0.3 is 0 Å². The fourth-order valence-electron chi connectivity index (χ4n) is 2.17. The van der Waals surface area contributed by atoms with E-state index in [4.69, 9.17) is 0 Å². The van der Waals surface area contributed by atoms with Crippen LogP contribution >= 0.6 is 24.0 Å². The topological polar surface area (TPSA) is 36.4 Å². The number of aryl methyl sites for hydroxylation is 1. The van der Waals surface area contributed by atoms with Crippen molar-refractivity contribution in [3.8, 4) is 0 Å². The van der Waals surface area contributed by atoms with Crippen LogP contribution in [0.15, 0.2) is 47.5 Å². The molecular weight excluding hydrogens is 423 g/mol. The molecule has 0 amide bonds. The Balaban J connectivity index is 0.00000288. The van der Waals surface area contributed by atoms with Crippen molar-refractivity contribution in [3.05, 3.63) is 70.8 Å². The first-order chi connectivity index (χ1) is 11.1. The van der Waals surface area contributed by atoms with E-state index >= 15 is 0 Å². The van der Waals surface area contributed by atoms with Gasteiger partial charge in [-0.05, 0) is 42.2 Å². The highest BCUT2D eigenvalue weighted by atomic mass is 127. The van der Waals surface area contributed by atoms with Crippen molar-refractivity contribution >= 4 is 29.9 Å². The highest BCUT2D eigenvalue weighted by Crippen LogP contribution is 2.09. The summed E-state index contributed by atoms with van der Waals surface area (Å²) in [5.41, 5.74) is 2.13. The van der Waals surface area contributed by atoms with Gasteiger partial charge in [0.2, 0.25) is 0 Å². The molecule has 2 aromatic carbocycles. The summed E-state index contributed by atoms with van der Waals surface area (Å²) in [7, 11) is 1.66. The minimum Gasteiger partial charge on any atom is -0.356 e. The normalized spacial score (nSPS) is 10.9. The van der Waals surface area contributed by atoms with Gasteiger partial charge in [-0.2, -0.15) is 0 Å². The van der Waals surface area contributed by atoms with Gasteiger partial charge in [-0.1, -0.05) is 30.3 Å². The number of hydrogen-bond donors (Lipinski definition) is 2. The number of guanidine groups is 1. The lowest BCUT2D eigenvalue weighted by Gasteiger charge is -2.12. The molecule has 0 saturated heterocycles. The van der Waals surface area contributed by atoms with Crippen molar-refractivity contribution in [2.75, 3.05) is 13.6 Å². The van der Waals surface area contributed by atoms with Gasteiger partial charge in [0.05, 0.1) is 0 Å². The summed E-state index contributed by atoms with van der Waals surface area (Å²) in [5, 5.41) is 6.23. The summed E-state index contributed by atoms with van der Waals surface area (Å²) in [5.74, 6) is 0.182. The highest BCUT2D eigenvalue weighted by molar-refractivity contribution is 14.0. The minimum absolute atomic E-state index is 0. The molecule has 0 aliphatic carbocycles. The minimum atomic E-state index is -0.216. The molecule has 0 aliphatic rings. The summed E-state index contributed by atoms with van der Waals surface area (Å²) in [4.78, 5) is 4.10. The number of rotatable bonds is 5. The number of hydrogen-bond acceptors (Lipinski definition) is 1. The fraction of sp³-hybridized carbons (Fsp3) is 0.278. The zero-order valence-electron chi connectivity index (χ0n) is 13.8. The first kappa shape index (κ1) is 20.3. The van der Waals surface area contributed by atoms with Gasteiger partial charge in [-0.25, -0.2) is 8.78 Å². The largest absolute Gasteiger partial charge is 0.356 e. The molecule has 0 unspecified atom stereocenters. The Hall–Kier alpha value is -1.70. The molecule has 6 heteroatoms. The fourth-order valence-corrected chi connectivity index (χ4v) is 2.17. The number of aliphatic imine (C=N–C) groups is 1. The third-order valence-corrected chi connectivity index (χ3v) is 3.56. The number of nitrogens with one attached hydrogen (secondary N) is 2. The lowest BCUT2D eigenvalue weighted by molar-refractivity contribution is 0.606.